The highest BCUT2D eigenvalue weighted by Gasteiger charge is 2.18. The van der Waals surface area contributed by atoms with Gasteiger partial charge in [0.1, 0.15) is 11.3 Å². The molecule has 0 spiro atoms. The van der Waals surface area contributed by atoms with Crippen molar-refractivity contribution in [2.45, 2.75) is 46.3 Å². The number of hydrogen-bond acceptors (Lipinski definition) is 5. The normalized spacial score (nSPS) is 12.0. The number of aryl methyl sites for hydroxylation is 2. The number of amides is 1. The monoisotopic (exact) mass is 380 g/mol. The minimum absolute atomic E-state index is 0.225. The lowest BCUT2D eigenvalue weighted by atomic mass is 10.0. The Kier molecular flexibility index (Phi) is 6.09. The Balaban J connectivity index is 1.77. The van der Waals surface area contributed by atoms with Crippen molar-refractivity contribution in [2.75, 3.05) is 0 Å². The van der Waals surface area contributed by atoms with E-state index in [0.29, 0.717) is 23.4 Å². The quantitative estimate of drug-likeness (QED) is 0.634. The largest absolute Gasteiger partial charge is 0.480 e. The minimum atomic E-state index is -0.691. The fourth-order valence-electron chi connectivity index (χ4n) is 3.09. The fraction of sp³-hybridized carbons (Fsp3) is 0.318. The Labute approximate surface area is 163 Å². The minimum Gasteiger partial charge on any atom is -0.480 e. The Morgan fingerprint density at radius 2 is 2.00 bits per heavy atom. The maximum atomic E-state index is 12.4. The van der Waals surface area contributed by atoms with Gasteiger partial charge in [-0.2, -0.15) is 0 Å². The Morgan fingerprint density at radius 3 is 2.71 bits per heavy atom. The number of fused-ring (bicyclic) bond motifs is 1. The van der Waals surface area contributed by atoms with Crippen LogP contribution in [0.1, 0.15) is 37.0 Å². The number of nitrogens with one attached hydrogen (secondary N) is 1. The highest BCUT2D eigenvalue weighted by Crippen LogP contribution is 2.29. The molecule has 3 rings (SSSR count). The van der Waals surface area contributed by atoms with Crippen molar-refractivity contribution in [2.24, 2.45) is 0 Å². The van der Waals surface area contributed by atoms with Gasteiger partial charge in [0.05, 0.1) is 0 Å². The number of carbonyl (C=O) groups is 1. The van der Waals surface area contributed by atoms with Crippen LogP contribution in [0.5, 0.6) is 5.75 Å². The van der Waals surface area contributed by atoms with Crippen molar-refractivity contribution in [3.63, 3.8) is 0 Å². The number of nitrogens with zero attached hydrogens (tertiary/aromatic N) is 1. The molecule has 146 valence electrons. The molecule has 6 heteroatoms. The molecule has 3 aromatic rings. The van der Waals surface area contributed by atoms with E-state index in [4.69, 9.17) is 9.15 Å². The second kappa shape index (κ2) is 8.69. The lowest BCUT2D eigenvalue weighted by Gasteiger charge is -2.17. The highest BCUT2D eigenvalue weighted by atomic mass is 16.5. The van der Waals surface area contributed by atoms with E-state index >= 15 is 0 Å². The van der Waals surface area contributed by atoms with E-state index < -0.39 is 6.10 Å². The summed E-state index contributed by atoms with van der Waals surface area (Å²) in [4.78, 5) is 28.2. The maximum absolute atomic E-state index is 12.4. The molecule has 0 saturated carbocycles. The van der Waals surface area contributed by atoms with Crippen LogP contribution in [0.4, 0.5) is 0 Å². The van der Waals surface area contributed by atoms with Gasteiger partial charge in [-0.1, -0.05) is 13.3 Å². The lowest BCUT2D eigenvalue weighted by Crippen LogP contribution is -2.36. The molecule has 0 unspecified atom stereocenters. The van der Waals surface area contributed by atoms with Crippen LogP contribution in [0.15, 0.2) is 51.9 Å². The maximum Gasteiger partial charge on any atom is 0.336 e. The number of carbonyl (C=O) groups excluding carboxylic acids is 1. The van der Waals surface area contributed by atoms with Crippen LogP contribution in [0.3, 0.4) is 0 Å². The first-order valence-electron chi connectivity index (χ1n) is 9.39. The Morgan fingerprint density at radius 1 is 1.25 bits per heavy atom. The zero-order valence-electron chi connectivity index (χ0n) is 16.3. The van der Waals surface area contributed by atoms with E-state index in [0.717, 1.165) is 29.4 Å². The van der Waals surface area contributed by atoms with E-state index in [1.165, 1.54) is 0 Å². The average molecular weight is 380 g/mol. The summed E-state index contributed by atoms with van der Waals surface area (Å²) in [6, 6.07) is 8.93. The third-order valence-electron chi connectivity index (χ3n) is 4.61. The molecule has 0 aliphatic carbocycles. The van der Waals surface area contributed by atoms with Gasteiger partial charge in [0.25, 0.3) is 5.91 Å². The Bertz CT molecular complexity index is 1030. The van der Waals surface area contributed by atoms with Crippen LogP contribution < -0.4 is 15.7 Å². The van der Waals surface area contributed by atoms with Crippen LogP contribution in [-0.2, 0) is 17.8 Å². The molecule has 0 fully saturated rings. The van der Waals surface area contributed by atoms with Crippen molar-refractivity contribution in [1.29, 1.82) is 0 Å². The number of benzene rings is 1. The number of ether oxygens (including phenoxy) is 1. The molecule has 2 heterocycles. The first-order valence-corrected chi connectivity index (χ1v) is 9.39. The molecule has 1 atom stereocenters. The molecule has 1 amide bonds. The van der Waals surface area contributed by atoms with E-state index in [1.807, 2.05) is 31.2 Å². The second-order valence-corrected chi connectivity index (χ2v) is 6.74. The summed E-state index contributed by atoms with van der Waals surface area (Å²) in [6.07, 6.45) is 4.41. The summed E-state index contributed by atoms with van der Waals surface area (Å²) in [7, 11) is 0. The van der Waals surface area contributed by atoms with Crippen molar-refractivity contribution < 1.29 is 13.9 Å². The van der Waals surface area contributed by atoms with Gasteiger partial charge < -0.3 is 14.5 Å². The molecular formula is C22H24N2O4. The third kappa shape index (κ3) is 4.39. The summed E-state index contributed by atoms with van der Waals surface area (Å²) in [5.74, 6) is 0.299. The summed E-state index contributed by atoms with van der Waals surface area (Å²) in [5, 5.41) is 3.75. The van der Waals surface area contributed by atoms with Gasteiger partial charge in [-0.3, -0.25) is 9.78 Å². The van der Waals surface area contributed by atoms with Crippen LogP contribution >= 0.6 is 0 Å². The molecule has 0 aliphatic rings. The first-order chi connectivity index (χ1) is 13.5. The summed E-state index contributed by atoms with van der Waals surface area (Å²) in [6.45, 7) is 5.99. The van der Waals surface area contributed by atoms with Crippen LogP contribution in [0.2, 0.25) is 0 Å². The number of pyridine rings is 1. The van der Waals surface area contributed by atoms with E-state index in [2.05, 4.69) is 17.2 Å². The molecule has 0 aliphatic heterocycles. The molecule has 1 aromatic carbocycles. The van der Waals surface area contributed by atoms with Crippen molar-refractivity contribution >= 4 is 16.9 Å². The van der Waals surface area contributed by atoms with Crippen molar-refractivity contribution in [3.05, 3.63) is 69.8 Å². The van der Waals surface area contributed by atoms with E-state index in [-0.39, 0.29) is 11.5 Å². The SMILES string of the molecule is CCCc1cc(=O)oc2c(C)c(O[C@H](C)C(=O)NCc3ccncc3)ccc12. The molecule has 6 nitrogen and oxygen atoms in total. The van der Waals surface area contributed by atoms with Gasteiger partial charge in [0.2, 0.25) is 0 Å². The standard InChI is InChI=1S/C22H24N2O4/c1-4-5-17-12-20(25)28-21-14(2)19(7-6-18(17)21)27-15(3)22(26)24-13-16-8-10-23-11-9-16/h6-12,15H,4-5,13H2,1-3H3,(H,24,26)/t15-/m1/s1. The van der Waals surface area contributed by atoms with Gasteiger partial charge in [-0.05, 0) is 55.7 Å². The van der Waals surface area contributed by atoms with Gasteiger partial charge in [0, 0.05) is 36.0 Å². The first kappa shape index (κ1) is 19.6. The summed E-state index contributed by atoms with van der Waals surface area (Å²) >= 11 is 0. The Hall–Kier alpha value is -3.15. The zero-order valence-corrected chi connectivity index (χ0v) is 16.3. The molecule has 0 saturated heterocycles. The lowest BCUT2D eigenvalue weighted by molar-refractivity contribution is -0.127. The second-order valence-electron chi connectivity index (χ2n) is 6.74. The predicted molar refractivity (Wildman–Crippen MR) is 107 cm³/mol. The number of hydrogen-bond donors (Lipinski definition) is 1. The smallest absolute Gasteiger partial charge is 0.336 e. The van der Waals surface area contributed by atoms with Crippen LogP contribution in [0.25, 0.3) is 11.0 Å². The van der Waals surface area contributed by atoms with Crippen molar-refractivity contribution in [1.82, 2.24) is 10.3 Å². The number of aromatic nitrogens is 1. The number of rotatable bonds is 7. The van der Waals surface area contributed by atoms with Gasteiger partial charge in [0.15, 0.2) is 6.10 Å². The molecule has 28 heavy (non-hydrogen) atoms. The van der Waals surface area contributed by atoms with E-state index in [1.54, 1.807) is 25.4 Å². The highest BCUT2D eigenvalue weighted by molar-refractivity contribution is 5.85. The summed E-state index contributed by atoms with van der Waals surface area (Å²) < 4.78 is 11.3. The third-order valence-corrected chi connectivity index (χ3v) is 4.61. The predicted octanol–water partition coefficient (Wildman–Crippen LogP) is 3.53. The van der Waals surface area contributed by atoms with Crippen molar-refractivity contribution in [3.8, 4) is 5.75 Å². The summed E-state index contributed by atoms with van der Waals surface area (Å²) in [5.41, 5.74) is 2.77. The topological polar surface area (TPSA) is 81.4 Å². The zero-order chi connectivity index (χ0) is 20.1. The van der Waals surface area contributed by atoms with Gasteiger partial charge in [-0.15, -0.1) is 0 Å². The fourth-order valence-corrected chi connectivity index (χ4v) is 3.09. The molecule has 1 N–H and O–H groups in total. The van der Waals surface area contributed by atoms with Crippen LogP contribution in [0, 0.1) is 6.92 Å². The molecular weight excluding hydrogens is 356 g/mol. The van der Waals surface area contributed by atoms with Gasteiger partial charge >= 0.3 is 5.63 Å². The molecule has 0 radical (unpaired) electrons. The van der Waals surface area contributed by atoms with Gasteiger partial charge in [-0.25, -0.2) is 4.79 Å². The average Bonchev–Trinajstić information content (AvgIpc) is 2.69. The van der Waals surface area contributed by atoms with Crippen LogP contribution in [-0.4, -0.2) is 17.0 Å². The van der Waals surface area contributed by atoms with E-state index in [9.17, 15) is 9.59 Å². The molecule has 0 bridgehead atoms. The molecule has 2 aromatic heterocycles.